The van der Waals surface area contributed by atoms with E-state index in [1.54, 1.807) is 18.1 Å². The van der Waals surface area contributed by atoms with Crippen LogP contribution in [0.3, 0.4) is 0 Å². The standard InChI is InChI=1S/C16H23N3O5/c1-23-14-4-2-3-13(10-14)19-11-12(9-15(19)21)18-16(22)17-5-7-24-8-6-20/h2-4,10,12,20H,5-9,11H2,1H3,(H2,17,18,22)/t12-/m1/s1. The zero-order valence-electron chi connectivity index (χ0n) is 13.7. The summed E-state index contributed by atoms with van der Waals surface area (Å²) >= 11 is 0. The fraction of sp³-hybridized carbons (Fsp3) is 0.500. The number of carbonyl (C=O) groups excluding carboxylic acids is 2. The van der Waals surface area contributed by atoms with Gasteiger partial charge < -0.3 is 30.1 Å². The van der Waals surface area contributed by atoms with Crippen LogP contribution in [-0.4, -0.2) is 63.1 Å². The molecule has 1 aromatic rings. The Labute approximate surface area is 140 Å². The quantitative estimate of drug-likeness (QED) is 0.585. The van der Waals surface area contributed by atoms with Gasteiger partial charge in [-0.15, -0.1) is 0 Å². The van der Waals surface area contributed by atoms with Crippen molar-refractivity contribution in [3.63, 3.8) is 0 Å². The van der Waals surface area contributed by atoms with Gasteiger partial charge in [0.25, 0.3) is 0 Å². The third-order valence-electron chi connectivity index (χ3n) is 3.59. The summed E-state index contributed by atoms with van der Waals surface area (Å²) in [6.45, 7) is 1.28. The van der Waals surface area contributed by atoms with E-state index in [1.165, 1.54) is 0 Å². The van der Waals surface area contributed by atoms with Crippen LogP contribution in [0, 0.1) is 0 Å². The molecule has 1 atom stereocenters. The van der Waals surface area contributed by atoms with Gasteiger partial charge in [-0.2, -0.15) is 0 Å². The average molecular weight is 337 g/mol. The SMILES string of the molecule is COc1cccc(N2C[C@H](NC(=O)NCCOCCO)CC2=O)c1. The number of aliphatic hydroxyl groups is 1. The summed E-state index contributed by atoms with van der Waals surface area (Å²) < 4.78 is 10.2. The predicted molar refractivity (Wildman–Crippen MR) is 88.2 cm³/mol. The summed E-state index contributed by atoms with van der Waals surface area (Å²) in [5.41, 5.74) is 0.751. The fourth-order valence-corrected chi connectivity index (χ4v) is 2.47. The maximum absolute atomic E-state index is 12.2. The van der Waals surface area contributed by atoms with Gasteiger partial charge in [0.15, 0.2) is 0 Å². The molecule has 0 unspecified atom stereocenters. The van der Waals surface area contributed by atoms with E-state index in [9.17, 15) is 9.59 Å². The third-order valence-corrected chi connectivity index (χ3v) is 3.59. The Morgan fingerprint density at radius 3 is 3.00 bits per heavy atom. The molecule has 2 rings (SSSR count). The highest BCUT2D eigenvalue weighted by atomic mass is 16.5. The molecule has 0 spiro atoms. The molecule has 1 aliphatic rings. The Balaban J connectivity index is 1.80. The minimum absolute atomic E-state index is 0.0418. The molecule has 1 heterocycles. The number of ether oxygens (including phenoxy) is 2. The summed E-state index contributed by atoms with van der Waals surface area (Å²) in [6.07, 6.45) is 0.256. The van der Waals surface area contributed by atoms with Crippen molar-refractivity contribution in [3.05, 3.63) is 24.3 Å². The molecule has 1 saturated heterocycles. The van der Waals surface area contributed by atoms with Gasteiger partial charge in [0.05, 0.1) is 33.0 Å². The number of aliphatic hydroxyl groups excluding tert-OH is 1. The number of amides is 3. The maximum atomic E-state index is 12.2. The summed E-state index contributed by atoms with van der Waals surface area (Å²) in [6, 6.07) is 6.67. The zero-order chi connectivity index (χ0) is 17.4. The van der Waals surface area contributed by atoms with Crippen LogP contribution in [0.5, 0.6) is 5.75 Å². The van der Waals surface area contributed by atoms with Crippen LogP contribution in [0.25, 0.3) is 0 Å². The van der Waals surface area contributed by atoms with Crippen LogP contribution in [0.1, 0.15) is 6.42 Å². The van der Waals surface area contributed by atoms with E-state index in [4.69, 9.17) is 14.6 Å². The second-order valence-corrected chi connectivity index (χ2v) is 5.34. The molecule has 0 saturated carbocycles. The fourth-order valence-electron chi connectivity index (χ4n) is 2.47. The van der Waals surface area contributed by atoms with E-state index < -0.39 is 0 Å². The van der Waals surface area contributed by atoms with Crippen molar-refractivity contribution in [1.29, 1.82) is 0 Å². The van der Waals surface area contributed by atoms with E-state index >= 15 is 0 Å². The molecule has 0 aromatic heterocycles. The molecule has 1 fully saturated rings. The van der Waals surface area contributed by atoms with Crippen molar-refractivity contribution >= 4 is 17.6 Å². The Kier molecular flexibility index (Phi) is 6.83. The van der Waals surface area contributed by atoms with E-state index in [-0.39, 0.29) is 37.6 Å². The number of carbonyl (C=O) groups is 2. The minimum Gasteiger partial charge on any atom is -0.497 e. The van der Waals surface area contributed by atoms with Crippen molar-refractivity contribution in [3.8, 4) is 5.75 Å². The van der Waals surface area contributed by atoms with Gasteiger partial charge in [0, 0.05) is 31.3 Å². The lowest BCUT2D eigenvalue weighted by molar-refractivity contribution is -0.117. The first-order valence-electron chi connectivity index (χ1n) is 7.81. The number of nitrogens with zero attached hydrogens (tertiary/aromatic N) is 1. The Bertz CT molecular complexity index is 566. The van der Waals surface area contributed by atoms with Gasteiger partial charge in [-0.1, -0.05) is 6.07 Å². The highest BCUT2D eigenvalue weighted by molar-refractivity contribution is 5.97. The van der Waals surface area contributed by atoms with Gasteiger partial charge in [0.2, 0.25) is 5.91 Å². The van der Waals surface area contributed by atoms with Crippen molar-refractivity contribution in [1.82, 2.24) is 10.6 Å². The van der Waals surface area contributed by atoms with Crippen LogP contribution in [0.15, 0.2) is 24.3 Å². The molecule has 132 valence electrons. The smallest absolute Gasteiger partial charge is 0.315 e. The molecule has 0 aliphatic carbocycles. The van der Waals surface area contributed by atoms with Crippen molar-refractivity contribution < 1.29 is 24.2 Å². The Hall–Kier alpha value is -2.32. The third kappa shape index (κ3) is 5.10. The molecule has 8 heteroatoms. The Morgan fingerprint density at radius 1 is 1.42 bits per heavy atom. The monoisotopic (exact) mass is 337 g/mol. The summed E-state index contributed by atoms with van der Waals surface area (Å²) in [5.74, 6) is 0.636. The van der Waals surface area contributed by atoms with Gasteiger partial charge in [-0.3, -0.25) is 4.79 Å². The van der Waals surface area contributed by atoms with Crippen LogP contribution in [-0.2, 0) is 9.53 Å². The van der Waals surface area contributed by atoms with Crippen LogP contribution >= 0.6 is 0 Å². The first-order valence-corrected chi connectivity index (χ1v) is 7.81. The number of anilines is 1. The topological polar surface area (TPSA) is 100 Å². The highest BCUT2D eigenvalue weighted by Crippen LogP contribution is 2.25. The second kappa shape index (κ2) is 9.09. The first-order chi connectivity index (χ1) is 11.6. The number of rotatable bonds is 8. The molecule has 0 bridgehead atoms. The van der Waals surface area contributed by atoms with Crippen LogP contribution in [0.4, 0.5) is 10.5 Å². The summed E-state index contributed by atoms with van der Waals surface area (Å²) in [5, 5.41) is 14.0. The molecule has 1 aliphatic heterocycles. The maximum Gasteiger partial charge on any atom is 0.315 e. The largest absolute Gasteiger partial charge is 0.497 e. The summed E-state index contributed by atoms with van der Waals surface area (Å²) in [7, 11) is 1.57. The summed E-state index contributed by atoms with van der Waals surface area (Å²) in [4.78, 5) is 25.6. The molecule has 3 N–H and O–H groups in total. The molecule has 1 aromatic carbocycles. The Morgan fingerprint density at radius 2 is 2.25 bits per heavy atom. The molecule has 0 radical (unpaired) electrons. The van der Waals surface area contributed by atoms with E-state index in [1.807, 2.05) is 18.2 Å². The molecular formula is C16H23N3O5. The number of nitrogens with one attached hydrogen (secondary N) is 2. The van der Waals surface area contributed by atoms with E-state index in [0.717, 1.165) is 5.69 Å². The second-order valence-electron chi connectivity index (χ2n) is 5.34. The number of methoxy groups -OCH3 is 1. The van der Waals surface area contributed by atoms with Gasteiger partial charge in [0.1, 0.15) is 5.75 Å². The average Bonchev–Trinajstić information content (AvgIpc) is 2.95. The predicted octanol–water partition coefficient (Wildman–Crippen LogP) is 0.109. The number of urea groups is 1. The van der Waals surface area contributed by atoms with Crippen molar-refractivity contribution in [2.24, 2.45) is 0 Å². The van der Waals surface area contributed by atoms with Crippen LogP contribution in [0.2, 0.25) is 0 Å². The normalized spacial score (nSPS) is 17.0. The van der Waals surface area contributed by atoms with Crippen molar-refractivity contribution in [2.45, 2.75) is 12.5 Å². The van der Waals surface area contributed by atoms with Crippen LogP contribution < -0.4 is 20.3 Å². The van der Waals surface area contributed by atoms with E-state index in [0.29, 0.717) is 25.4 Å². The number of benzene rings is 1. The molecule has 24 heavy (non-hydrogen) atoms. The highest BCUT2D eigenvalue weighted by Gasteiger charge is 2.31. The van der Waals surface area contributed by atoms with E-state index in [2.05, 4.69) is 10.6 Å². The lowest BCUT2D eigenvalue weighted by Gasteiger charge is -2.18. The molecule has 8 nitrogen and oxygen atoms in total. The van der Waals surface area contributed by atoms with Gasteiger partial charge >= 0.3 is 6.03 Å². The number of hydrogen-bond donors (Lipinski definition) is 3. The van der Waals surface area contributed by atoms with Gasteiger partial charge in [-0.25, -0.2) is 4.79 Å². The molecular weight excluding hydrogens is 314 g/mol. The lowest BCUT2D eigenvalue weighted by Crippen LogP contribution is -2.44. The van der Waals surface area contributed by atoms with Gasteiger partial charge in [-0.05, 0) is 12.1 Å². The minimum atomic E-state index is -0.340. The zero-order valence-corrected chi connectivity index (χ0v) is 13.7. The molecule has 3 amide bonds. The first kappa shape index (κ1) is 18.0. The van der Waals surface area contributed by atoms with Crippen molar-refractivity contribution in [2.75, 3.05) is 44.9 Å². The number of hydrogen-bond acceptors (Lipinski definition) is 5. The lowest BCUT2D eigenvalue weighted by atomic mass is 10.2.